The minimum absolute atomic E-state index is 0.293. The Hall–Kier alpha value is -2.85. The molecule has 1 amide bonds. The Bertz CT molecular complexity index is 930. The summed E-state index contributed by atoms with van der Waals surface area (Å²) in [5, 5.41) is 11.5. The zero-order chi connectivity index (χ0) is 20.0. The maximum Gasteiger partial charge on any atom is 0.248 e. The lowest BCUT2D eigenvalue weighted by Gasteiger charge is -2.30. The summed E-state index contributed by atoms with van der Waals surface area (Å²) in [4.78, 5) is 12.8. The third kappa shape index (κ3) is 5.31. The Kier molecular flexibility index (Phi) is 6.59. The first kappa shape index (κ1) is 20.5. The summed E-state index contributed by atoms with van der Waals surface area (Å²) >= 11 is 0. The van der Waals surface area contributed by atoms with Crippen LogP contribution in [0.25, 0.3) is 0 Å². The molecule has 2 aromatic carbocycles. The fourth-order valence-electron chi connectivity index (χ4n) is 2.77. The summed E-state index contributed by atoms with van der Waals surface area (Å²) in [5.74, 6) is -0.406. The third-order valence-electron chi connectivity index (χ3n) is 4.12. The second-order valence-electron chi connectivity index (χ2n) is 6.34. The van der Waals surface area contributed by atoms with Gasteiger partial charge in [0.15, 0.2) is 0 Å². The number of rotatable bonds is 7. The topological polar surface area (TPSA) is 90.3 Å². The zero-order valence-corrected chi connectivity index (χ0v) is 16.5. The van der Waals surface area contributed by atoms with Crippen LogP contribution in [0.2, 0.25) is 0 Å². The highest BCUT2D eigenvalue weighted by Gasteiger charge is 2.31. The summed E-state index contributed by atoms with van der Waals surface area (Å²) in [6.07, 6.45) is 1.71. The van der Waals surface area contributed by atoms with Gasteiger partial charge in [-0.2, -0.15) is 5.26 Å². The van der Waals surface area contributed by atoms with Gasteiger partial charge >= 0.3 is 0 Å². The summed E-state index contributed by atoms with van der Waals surface area (Å²) in [6, 6.07) is 15.1. The average molecular weight is 385 g/mol. The van der Waals surface area contributed by atoms with Crippen LogP contribution < -0.4 is 9.62 Å². The predicted octanol–water partition coefficient (Wildman–Crippen LogP) is 3.24. The molecule has 2 aromatic rings. The van der Waals surface area contributed by atoms with Crippen molar-refractivity contribution in [2.24, 2.45) is 0 Å². The normalized spacial score (nSPS) is 12.1. The second-order valence-corrected chi connectivity index (χ2v) is 8.20. The van der Waals surface area contributed by atoms with Crippen molar-refractivity contribution in [3.8, 4) is 6.07 Å². The molecule has 2 rings (SSSR count). The van der Waals surface area contributed by atoms with Crippen LogP contribution in [0.5, 0.6) is 0 Å². The molecule has 1 atom stereocenters. The molecule has 0 aliphatic carbocycles. The highest BCUT2D eigenvalue weighted by atomic mass is 32.2. The van der Waals surface area contributed by atoms with Crippen molar-refractivity contribution in [1.29, 1.82) is 5.26 Å². The molecular formula is C20H23N3O3S. The molecule has 27 heavy (non-hydrogen) atoms. The lowest BCUT2D eigenvalue weighted by atomic mass is 10.1. The van der Waals surface area contributed by atoms with Crippen molar-refractivity contribution in [3.63, 3.8) is 0 Å². The average Bonchev–Trinajstić information content (AvgIpc) is 2.61. The van der Waals surface area contributed by atoms with Crippen molar-refractivity contribution < 1.29 is 13.2 Å². The molecule has 0 bridgehead atoms. The number of anilines is 2. The molecule has 0 heterocycles. The van der Waals surface area contributed by atoms with E-state index >= 15 is 0 Å². The number of nitrogens with one attached hydrogen (secondary N) is 1. The van der Waals surface area contributed by atoms with Gasteiger partial charge in [0.05, 0.1) is 24.4 Å². The number of hydrogen-bond acceptors (Lipinski definition) is 4. The Morgan fingerprint density at radius 2 is 1.74 bits per heavy atom. The Morgan fingerprint density at radius 1 is 1.15 bits per heavy atom. The van der Waals surface area contributed by atoms with Crippen LogP contribution in [0.15, 0.2) is 48.5 Å². The zero-order valence-electron chi connectivity index (χ0n) is 15.6. The number of benzene rings is 2. The van der Waals surface area contributed by atoms with E-state index in [0.717, 1.165) is 21.7 Å². The smallest absolute Gasteiger partial charge is 0.248 e. The third-order valence-corrected chi connectivity index (χ3v) is 5.30. The van der Waals surface area contributed by atoms with E-state index in [1.54, 1.807) is 43.3 Å². The maximum atomic E-state index is 12.8. The number of hydrogen-bond donors (Lipinski definition) is 1. The van der Waals surface area contributed by atoms with Crippen LogP contribution >= 0.6 is 0 Å². The fourth-order valence-corrected chi connectivity index (χ4v) is 3.99. The molecule has 0 aliphatic heterocycles. The van der Waals surface area contributed by atoms with Crippen LogP contribution in [-0.4, -0.2) is 26.6 Å². The van der Waals surface area contributed by atoms with Gasteiger partial charge in [0.1, 0.15) is 6.04 Å². The van der Waals surface area contributed by atoms with Crippen LogP contribution in [0, 0.1) is 18.3 Å². The van der Waals surface area contributed by atoms with Crippen molar-refractivity contribution in [2.45, 2.75) is 32.7 Å². The molecule has 0 aromatic heterocycles. The minimum atomic E-state index is -3.66. The number of aryl methyl sites for hydroxylation is 1. The van der Waals surface area contributed by atoms with E-state index in [1.807, 2.05) is 19.1 Å². The Labute approximate surface area is 160 Å². The quantitative estimate of drug-likeness (QED) is 0.792. The number of carbonyl (C=O) groups excluding carboxylic acids is 1. The van der Waals surface area contributed by atoms with Crippen LogP contribution in [0.4, 0.5) is 11.4 Å². The summed E-state index contributed by atoms with van der Waals surface area (Å²) in [7, 11) is -3.66. The maximum absolute atomic E-state index is 12.8. The summed E-state index contributed by atoms with van der Waals surface area (Å²) < 4.78 is 26.0. The highest BCUT2D eigenvalue weighted by molar-refractivity contribution is 7.92. The van der Waals surface area contributed by atoms with E-state index in [9.17, 15) is 13.2 Å². The van der Waals surface area contributed by atoms with Gasteiger partial charge in [-0.15, -0.1) is 0 Å². The molecule has 1 N–H and O–H groups in total. The van der Waals surface area contributed by atoms with E-state index in [0.29, 0.717) is 24.2 Å². The van der Waals surface area contributed by atoms with Gasteiger partial charge in [-0.3, -0.25) is 9.10 Å². The van der Waals surface area contributed by atoms with Crippen molar-refractivity contribution in [2.75, 3.05) is 15.9 Å². The van der Waals surface area contributed by atoms with Gasteiger partial charge in [0.25, 0.3) is 0 Å². The molecule has 142 valence electrons. The van der Waals surface area contributed by atoms with Crippen LogP contribution in [0.3, 0.4) is 0 Å². The van der Waals surface area contributed by atoms with E-state index in [2.05, 4.69) is 11.4 Å². The monoisotopic (exact) mass is 385 g/mol. The van der Waals surface area contributed by atoms with Gasteiger partial charge in [-0.05, 0) is 43.2 Å². The highest BCUT2D eigenvalue weighted by Crippen LogP contribution is 2.24. The summed E-state index contributed by atoms with van der Waals surface area (Å²) in [5.41, 5.74) is 2.86. The molecule has 0 fully saturated rings. The van der Waals surface area contributed by atoms with Crippen molar-refractivity contribution in [3.05, 3.63) is 59.7 Å². The Balaban J connectivity index is 2.29. The first-order chi connectivity index (χ1) is 12.8. The van der Waals surface area contributed by atoms with Gasteiger partial charge in [0, 0.05) is 5.69 Å². The molecule has 0 aliphatic rings. The number of amides is 1. The molecule has 0 radical (unpaired) electrons. The van der Waals surface area contributed by atoms with Gasteiger partial charge in [-0.1, -0.05) is 36.8 Å². The summed E-state index contributed by atoms with van der Waals surface area (Å²) in [6.45, 7) is 3.68. The number of sulfonamides is 1. The lowest BCUT2D eigenvalue weighted by molar-refractivity contribution is -0.117. The fraction of sp³-hybridized carbons (Fsp3) is 0.300. The molecule has 0 saturated carbocycles. The van der Waals surface area contributed by atoms with Crippen LogP contribution in [-0.2, 0) is 21.2 Å². The molecule has 0 spiro atoms. The van der Waals surface area contributed by atoms with Gasteiger partial charge in [0.2, 0.25) is 15.9 Å². The van der Waals surface area contributed by atoms with Gasteiger partial charge in [-0.25, -0.2) is 8.42 Å². The molecule has 0 saturated heterocycles. The van der Waals surface area contributed by atoms with Crippen LogP contribution in [0.1, 0.15) is 24.5 Å². The number of nitrogens with zero attached hydrogens (tertiary/aromatic N) is 2. The number of nitriles is 1. The Morgan fingerprint density at radius 3 is 2.22 bits per heavy atom. The molecular weight excluding hydrogens is 362 g/mol. The SMILES string of the molecule is CCC(C(=O)Nc1ccc(CC#N)cc1)N(c1ccc(C)cc1)S(C)(=O)=O. The van der Waals surface area contributed by atoms with Crippen molar-refractivity contribution in [1.82, 2.24) is 0 Å². The predicted molar refractivity (Wildman–Crippen MR) is 107 cm³/mol. The lowest BCUT2D eigenvalue weighted by Crippen LogP contribution is -2.47. The van der Waals surface area contributed by atoms with Gasteiger partial charge < -0.3 is 5.32 Å². The van der Waals surface area contributed by atoms with E-state index in [1.165, 1.54) is 0 Å². The molecule has 7 heteroatoms. The van der Waals surface area contributed by atoms with E-state index < -0.39 is 22.0 Å². The minimum Gasteiger partial charge on any atom is -0.324 e. The van der Waals surface area contributed by atoms with E-state index in [4.69, 9.17) is 5.26 Å². The second kappa shape index (κ2) is 8.69. The first-order valence-corrected chi connectivity index (χ1v) is 10.4. The van der Waals surface area contributed by atoms with Crippen molar-refractivity contribution >= 4 is 27.3 Å². The first-order valence-electron chi connectivity index (χ1n) is 8.59. The number of carbonyl (C=O) groups is 1. The largest absolute Gasteiger partial charge is 0.324 e. The standard InChI is InChI=1S/C20H23N3O3S/c1-4-19(20(24)22-17-9-7-16(8-10-17)13-14-21)23(27(3,25)26)18-11-5-15(2)6-12-18/h5-12,19H,4,13H2,1-3H3,(H,22,24). The molecule has 6 nitrogen and oxygen atoms in total. The molecule has 1 unspecified atom stereocenters. The van der Waals surface area contributed by atoms with E-state index in [-0.39, 0.29) is 0 Å².